The van der Waals surface area contributed by atoms with Crippen LogP contribution in [0.4, 0.5) is 5.82 Å². The Morgan fingerprint density at radius 1 is 1.00 bits per heavy atom. The summed E-state index contributed by atoms with van der Waals surface area (Å²) in [6, 6.07) is 8.33. The second-order valence-corrected chi connectivity index (χ2v) is 9.38. The van der Waals surface area contributed by atoms with E-state index in [1.807, 2.05) is 48.9 Å². The zero-order chi connectivity index (χ0) is 27.2. The summed E-state index contributed by atoms with van der Waals surface area (Å²) in [4.78, 5) is 21.4. The number of hydrogen-bond acceptors (Lipinski definition) is 7. The molecule has 0 radical (unpaired) electrons. The molecular formula is C29H30N8O2. The molecule has 10 nitrogen and oxygen atoms in total. The van der Waals surface area contributed by atoms with Gasteiger partial charge in [0.05, 0.1) is 30.1 Å². The van der Waals surface area contributed by atoms with Crippen LogP contribution >= 0.6 is 0 Å². The number of aryl methyl sites for hydroxylation is 1. The molecule has 0 spiro atoms. The summed E-state index contributed by atoms with van der Waals surface area (Å²) in [5.74, 6) is 7.09. The van der Waals surface area contributed by atoms with Crippen LogP contribution in [0.2, 0.25) is 0 Å². The van der Waals surface area contributed by atoms with Crippen LogP contribution in [0.25, 0.3) is 27.8 Å². The molecule has 0 aromatic carbocycles. The van der Waals surface area contributed by atoms with Gasteiger partial charge in [0.1, 0.15) is 11.9 Å². The van der Waals surface area contributed by atoms with Crippen molar-refractivity contribution in [3.63, 3.8) is 0 Å². The van der Waals surface area contributed by atoms with Crippen LogP contribution in [0, 0.1) is 23.2 Å². The van der Waals surface area contributed by atoms with E-state index in [1.165, 1.54) is 0 Å². The van der Waals surface area contributed by atoms with Crippen molar-refractivity contribution in [2.24, 2.45) is 7.05 Å². The number of piperazine rings is 1. The number of amides is 1. The molecule has 0 saturated carbocycles. The minimum absolute atomic E-state index is 0.144. The smallest absolute Gasteiger partial charge is 0.223 e. The predicted molar refractivity (Wildman–Crippen MR) is 148 cm³/mol. The second-order valence-electron chi connectivity index (χ2n) is 9.38. The number of fused-ring (bicyclic) bond motifs is 1. The molecule has 0 aliphatic carbocycles. The van der Waals surface area contributed by atoms with Crippen LogP contribution in [-0.4, -0.2) is 75.1 Å². The van der Waals surface area contributed by atoms with Gasteiger partial charge in [-0.2, -0.15) is 15.5 Å². The van der Waals surface area contributed by atoms with E-state index in [4.69, 9.17) is 9.72 Å². The van der Waals surface area contributed by atoms with E-state index in [0.717, 1.165) is 46.7 Å². The lowest BCUT2D eigenvalue weighted by Gasteiger charge is -2.35. The van der Waals surface area contributed by atoms with Gasteiger partial charge in [-0.05, 0) is 18.2 Å². The van der Waals surface area contributed by atoms with Gasteiger partial charge in [0.25, 0.3) is 0 Å². The maximum atomic E-state index is 12.6. The number of pyridine rings is 2. The average Bonchev–Trinajstić information content (AvgIpc) is 3.60. The van der Waals surface area contributed by atoms with Crippen molar-refractivity contribution in [2.75, 3.05) is 44.8 Å². The van der Waals surface area contributed by atoms with Gasteiger partial charge in [-0.25, -0.2) is 9.50 Å². The number of methoxy groups -OCH3 is 1. The maximum absolute atomic E-state index is 12.6. The Balaban J connectivity index is 1.28. The van der Waals surface area contributed by atoms with Gasteiger partial charge in [0, 0.05) is 100 Å². The molecule has 0 N–H and O–H groups in total. The van der Waals surface area contributed by atoms with E-state index in [-0.39, 0.29) is 5.91 Å². The van der Waals surface area contributed by atoms with Crippen molar-refractivity contribution < 1.29 is 9.53 Å². The van der Waals surface area contributed by atoms with Gasteiger partial charge in [-0.1, -0.05) is 0 Å². The summed E-state index contributed by atoms with van der Waals surface area (Å²) in [6.45, 7) is 3.38. The highest BCUT2D eigenvalue weighted by molar-refractivity contribution is 5.87. The molecule has 4 aromatic rings. The molecule has 198 valence electrons. The highest BCUT2D eigenvalue weighted by atomic mass is 16.5. The Hall–Kier alpha value is -4.67. The fraction of sp³-hybridized carbons (Fsp3) is 0.345. The summed E-state index contributed by atoms with van der Waals surface area (Å²) in [5.41, 5.74) is 4.94. The summed E-state index contributed by atoms with van der Waals surface area (Å²) in [5, 5.41) is 18.4. The monoisotopic (exact) mass is 522 g/mol. The first-order chi connectivity index (χ1) is 19.1. The Labute approximate surface area is 227 Å². The normalized spacial score (nSPS) is 13.3. The highest BCUT2D eigenvalue weighted by Crippen LogP contribution is 2.32. The Morgan fingerprint density at radius 3 is 2.51 bits per heavy atom. The van der Waals surface area contributed by atoms with Gasteiger partial charge < -0.3 is 14.5 Å². The van der Waals surface area contributed by atoms with E-state index in [9.17, 15) is 10.1 Å². The fourth-order valence-corrected chi connectivity index (χ4v) is 4.73. The number of anilines is 1. The second kappa shape index (κ2) is 11.8. The van der Waals surface area contributed by atoms with E-state index >= 15 is 0 Å². The Morgan fingerprint density at radius 2 is 1.82 bits per heavy atom. The predicted octanol–water partition coefficient (Wildman–Crippen LogP) is 3.14. The molecular weight excluding hydrogens is 492 g/mol. The van der Waals surface area contributed by atoms with Crippen LogP contribution in [0.5, 0.6) is 0 Å². The van der Waals surface area contributed by atoms with Crippen molar-refractivity contribution in [3.05, 3.63) is 54.7 Å². The third-order valence-electron chi connectivity index (χ3n) is 6.81. The molecule has 39 heavy (non-hydrogen) atoms. The van der Waals surface area contributed by atoms with Gasteiger partial charge in [-0.15, -0.1) is 11.8 Å². The fourth-order valence-electron chi connectivity index (χ4n) is 4.73. The van der Waals surface area contributed by atoms with Gasteiger partial charge in [0.15, 0.2) is 0 Å². The highest BCUT2D eigenvalue weighted by Gasteiger charge is 2.22. The topological polar surface area (TPSA) is 105 Å². The number of aromatic nitrogens is 5. The molecule has 5 heterocycles. The Bertz CT molecular complexity index is 1560. The van der Waals surface area contributed by atoms with Crippen LogP contribution in [0.15, 0.2) is 49.2 Å². The van der Waals surface area contributed by atoms with E-state index in [1.54, 1.807) is 22.5 Å². The molecule has 1 aliphatic heterocycles. The minimum Gasteiger partial charge on any atom is -0.384 e. The number of hydrogen-bond donors (Lipinski definition) is 0. The molecule has 0 atom stereocenters. The largest absolute Gasteiger partial charge is 0.384 e. The third kappa shape index (κ3) is 5.77. The van der Waals surface area contributed by atoms with Crippen molar-refractivity contribution >= 4 is 17.2 Å². The summed E-state index contributed by atoms with van der Waals surface area (Å²) in [6.07, 6.45) is 10.8. The van der Waals surface area contributed by atoms with E-state index in [0.29, 0.717) is 44.5 Å². The number of carbonyl (C=O) groups is 1. The first-order valence-electron chi connectivity index (χ1n) is 12.9. The Kier molecular flexibility index (Phi) is 7.86. The van der Waals surface area contributed by atoms with Gasteiger partial charge in [0.2, 0.25) is 5.91 Å². The van der Waals surface area contributed by atoms with E-state index < -0.39 is 0 Å². The summed E-state index contributed by atoms with van der Waals surface area (Å²) in [7, 11) is 3.53. The first kappa shape index (κ1) is 26.0. The molecule has 4 aromatic heterocycles. The first-order valence-corrected chi connectivity index (χ1v) is 12.9. The number of nitrogens with zero attached hydrogens (tertiary/aromatic N) is 8. The third-order valence-corrected chi connectivity index (χ3v) is 6.81. The number of carbonyl (C=O) groups excluding carboxylic acids is 1. The lowest BCUT2D eigenvalue weighted by molar-refractivity contribution is -0.131. The number of ether oxygens (including phenoxy) is 1. The average molecular weight is 523 g/mol. The quantitative estimate of drug-likeness (QED) is 0.271. The summed E-state index contributed by atoms with van der Waals surface area (Å²) < 4.78 is 8.48. The number of nitriles is 1. The van der Waals surface area contributed by atoms with Crippen molar-refractivity contribution in [1.82, 2.24) is 29.3 Å². The van der Waals surface area contributed by atoms with Crippen molar-refractivity contribution in [1.29, 1.82) is 5.26 Å². The van der Waals surface area contributed by atoms with Crippen LogP contribution in [0.1, 0.15) is 24.8 Å². The zero-order valence-electron chi connectivity index (χ0n) is 22.2. The molecule has 0 bridgehead atoms. The zero-order valence-corrected chi connectivity index (χ0v) is 22.2. The SMILES string of the molecule is COCCC#CCCC(=O)N1CCN(c2ccc(-c3cc(-c4cnn(C)c4)cn4ncc(C#N)c34)cn2)CC1. The molecule has 10 heteroatoms. The molecule has 0 unspecified atom stereocenters. The number of rotatable bonds is 7. The molecule has 5 rings (SSSR count). The van der Waals surface area contributed by atoms with Crippen molar-refractivity contribution in [2.45, 2.75) is 19.3 Å². The lowest BCUT2D eigenvalue weighted by Crippen LogP contribution is -2.49. The van der Waals surface area contributed by atoms with Crippen LogP contribution in [-0.2, 0) is 16.6 Å². The minimum atomic E-state index is 0.144. The molecule has 1 aliphatic rings. The van der Waals surface area contributed by atoms with E-state index in [2.05, 4.69) is 39.1 Å². The molecule has 1 amide bonds. The van der Waals surface area contributed by atoms with Crippen LogP contribution in [0.3, 0.4) is 0 Å². The standard InChI is InChI=1S/C29H30N8O2/c1-34-20-25(19-32-34)23-15-26(29-24(16-30)18-33-37(29)21-23)22-8-9-27(31-17-22)35-10-12-36(13-11-35)28(38)7-5-3-4-6-14-39-2/h8-9,15,17-21H,5-7,10-14H2,1-2H3. The molecule has 1 fully saturated rings. The maximum Gasteiger partial charge on any atom is 0.223 e. The molecule has 1 saturated heterocycles. The summed E-state index contributed by atoms with van der Waals surface area (Å²) >= 11 is 0. The van der Waals surface area contributed by atoms with Gasteiger partial charge in [-0.3, -0.25) is 9.48 Å². The van der Waals surface area contributed by atoms with Gasteiger partial charge >= 0.3 is 0 Å². The van der Waals surface area contributed by atoms with Crippen LogP contribution < -0.4 is 4.90 Å². The lowest BCUT2D eigenvalue weighted by atomic mass is 10.0. The van der Waals surface area contributed by atoms with Crippen molar-refractivity contribution in [3.8, 4) is 40.2 Å².